The number of hydrogen-bond donors (Lipinski definition) is 2. The van der Waals surface area contributed by atoms with Crippen LogP contribution in [0, 0.1) is 0 Å². The number of nitrogens with zero attached hydrogens (tertiary/aromatic N) is 1. The summed E-state index contributed by atoms with van der Waals surface area (Å²) in [4.78, 5) is 23.6. The van der Waals surface area contributed by atoms with E-state index in [0.29, 0.717) is 6.42 Å². The smallest absolute Gasteiger partial charge is 0.337 e. The van der Waals surface area contributed by atoms with E-state index in [1.807, 2.05) is 18.2 Å². The Morgan fingerprint density at radius 2 is 2.03 bits per heavy atom. The minimum atomic E-state index is -1.08. The first-order valence-electron chi connectivity index (χ1n) is 9.33. The van der Waals surface area contributed by atoms with Gasteiger partial charge in [0.05, 0.1) is 24.1 Å². The van der Waals surface area contributed by atoms with Crippen LogP contribution in [0.3, 0.4) is 0 Å². The number of carboxylic acid groups (broad SMARTS) is 1. The number of carboxylic acids is 1. The lowest BCUT2D eigenvalue weighted by Gasteiger charge is -2.15. The number of aryl methyl sites for hydroxylation is 2. The summed E-state index contributed by atoms with van der Waals surface area (Å²) in [5.41, 5.74) is 4.31. The number of rotatable bonds is 6. The molecule has 1 heterocycles. The van der Waals surface area contributed by atoms with Crippen molar-refractivity contribution in [2.24, 2.45) is 0 Å². The van der Waals surface area contributed by atoms with Gasteiger partial charge in [0.2, 0.25) is 5.91 Å². The van der Waals surface area contributed by atoms with Gasteiger partial charge in [-0.15, -0.1) is 0 Å². The Morgan fingerprint density at radius 1 is 1.21 bits per heavy atom. The van der Waals surface area contributed by atoms with Crippen LogP contribution in [0.25, 0.3) is 11.3 Å². The number of carbonyl (C=O) groups is 2. The quantitative estimate of drug-likeness (QED) is 0.663. The highest BCUT2D eigenvalue weighted by atomic mass is 16.5. The molecule has 4 rings (SSSR count). The Kier molecular flexibility index (Phi) is 5.03. The number of aromatic carboxylic acids is 1. The molecule has 1 aliphatic carbocycles. The van der Waals surface area contributed by atoms with E-state index in [0.717, 1.165) is 46.7 Å². The van der Waals surface area contributed by atoms with Gasteiger partial charge in [0.25, 0.3) is 0 Å². The molecule has 2 N–H and O–H groups in total. The van der Waals surface area contributed by atoms with Crippen molar-refractivity contribution in [2.75, 3.05) is 12.4 Å². The lowest BCUT2D eigenvalue weighted by atomic mass is 9.89. The second kappa shape index (κ2) is 7.79. The third-order valence-electron chi connectivity index (χ3n) is 5.09. The number of fused-ring (bicyclic) bond motifs is 3. The molecule has 1 amide bonds. The predicted octanol–water partition coefficient (Wildman–Crippen LogP) is 3.72. The molecule has 0 atom stereocenters. The molecule has 0 saturated carbocycles. The van der Waals surface area contributed by atoms with Gasteiger partial charge in [-0.3, -0.25) is 4.79 Å². The molecule has 0 spiro atoms. The van der Waals surface area contributed by atoms with Crippen molar-refractivity contribution >= 4 is 17.6 Å². The normalized spacial score (nSPS) is 12.0. The lowest BCUT2D eigenvalue weighted by Crippen LogP contribution is -2.15. The Morgan fingerprint density at radius 3 is 2.83 bits per heavy atom. The third kappa shape index (κ3) is 3.71. The highest BCUT2D eigenvalue weighted by molar-refractivity contribution is 6.00. The molecule has 1 aliphatic rings. The van der Waals surface area contributed by atoms with Gasteiger partial charge in [-0.1, -0.05) is 17.3 Å². The third-order valence-corrected chi connectivity index (χ3v) is 5.09. The van der Waals surface area contributed by atoms with Crippen LogP contribution in [0.15, 0.2) is 47.0 Å². The molecule has 0 fully saturated rings. The highest BCUT2D eigenvalue weighted by Crippen LogP contribution is 2.37. The van der Waals surface area contributed by atoms with Gasteiger partial charge in [-0.05, 0) is 48.7 Å². The maximum absolute atomic E-state index is 12.3. The van der Waals surface area contributed by atoms with E-state index in [2.05, 4.69) is 10.5 Å². The van der Waals surface area contributed by atoms with Gasteiger partial charge >= 0.3 is 5.97 Å². The SMILES string of the molecule is COc1ccc2c(c1)CCc1c(CCC(=O)Nc3ccccc3C(=O)O)noc1-2. The summed E-state index contributed by atoms with van der Waals surface area (Å²) in [6, 6.07) is 12.2. The van der Waals surface area contributed by atoms with E-state index in [1.165, 1.54) is 6.07 Å². The lowest BCUT2D eigenvalue weighted by molar-refractivity contribution is -0.116. The van der Waals surface area contributed by atoms with Crippen LogP contribution in [-0.4, -0.2) is 29.2 Å². The summed E-state index contributed by atoms with van der Waals surface area (Å²) < 4.78 is 10.9. The molecule has 7 nitrogen and oxygen atoms in total. The number of nitrogens with one attached hydrogen (secondary N) is 1. The van der Waals surface area contributed by atoms with Crippen LogP contribution >= 0.6 is 0 Å². The summed E-state index contributed by atoms with van der Waals surface area (Å²) in [6.07, 6.45) is 2.25. The van der Waals surface area contributed by atoms with Crippen molar-refractivity contribution in [3.8, 4) is 17.1 Å². The van der Waals surface area contributed by atoms with E-state index in [4.69, 9.17) is 9.26 Å². The molecule has 29 heavy (non-hydrogen) atoms. The maximum Gasteiger partial charge on any atom is 0.337 e. The van der Waals surface area contributed by atoms with Crippen molar-refractivity contribution in [2.45, 2.75) is 25.7 Å². The minimum Gasteiger partial charge on any atom is -0.497 e. The second-order valence-electron chi connectivity index (χ2n) is 6.86. The molecule has 3 aromatic rings. The van der Waals surface area contributed by atoms with Gasteiger partial charge in [0.15, 0.2) is 5.76 Å². The van der Waals surface area contributed by atoms with Crippen LogP contribution in [0.1, 0.15) is 33.6 Å². The molecule has 0 radical (unpaired) electrons. The number of methoxy groups -OCH3 is 1. The molecule has 0 bridgehead atoms. The van der Waals surface area contributed by atoms with E-state index < -0.39 is 5.97 Å². The average Bonchev–Trinajstić information content (AvgIpc) is 3.15. The largest absolute Gasteiger partial charge is 0.497 e. The zero-order valence-electron chi connectivity index (χ0n) is 15.9. The molecule has 7 heteroatoms. The molecular weight excluding hydrogens is 372 g/mol. The number of amides is 1. The summed E-state index contributed by atoms with van der Waals surface area (Å²) >= 11 is 0. The standard InChI is InChI=1S/C22H20N2O5/c1-28-14-7-9-15-13(12-14)6-8-16-19(24-29-21(15)16)10-11-20(25)23-18-5-3-2-4-17(18)22(26)27/h2-5,7,9,12H,6,8,10-11H2,1H3,(H,23,25)(H,26,27). The Bertz CT molecular complexity index is 1090. The average molecular weight is 392 g/mol. The van der Waals surface area contributed by atoms with Crippen LogP contribution in [-0.2, 0) is 24.1 Å². The topological polar surface area (TPSA) is 102 Å². The summed E-state index contributed by atoms with van der Waals surface area (Å²) in [7, 11) is 1.64. The van der Waals surface area contributed by atoms with Crippen molar-refractivity contribution in [1.29, 1.82) is 0 Å². The van der Waals surface area contributed by atoms with E-state index in [1.54, 1.807) is 25.3 Å². The van der Waals surface area contributed by atoms with Crippen molar-refractivity contribution < 1.29 is 24.0 Å². The number of carbonyl (C=O) groups excluding carboxylic acids is 1. The summed E-state index contributed by atoms with van der Waals surface area (Å²) in [6.45, 7) is 0. The van der Waals surface area contributed by atoms with Crippen LogP contribution in [0.4, 0.5) is 5.69 Å². The first kappa shape index (κ1) is 18.7. The van der Waals surface area contributed by atoms with Gasteiger partial charge in [0, 0.05) is 24.0 Å². The number of ether oxygens (including phenoxy) is 1. The summed E-state index contributed by atoms with van der Waals surface area (Å²) in [5, 5.41) is 16.1. The number of anilines is 1. The number of hydrogen-bond acceptors (Lipinski definition) is 5. The van der Waals surface area contributed by atoms with Crippen LogP contribution in [0.5, 0.6) is 5.75 Å². The molecule has 1 aromatic heterocycles. The molecule has 0 aliphatic heterocycles. The van der Waals surface area contributed by atoms with Crippen molar-refractivity contribution in [3.63, 3.8) is 0 Å². The Balaban J connectivity index is 1.46. The fourth-order valence-electron chi connectivity index (χ4n) is 3.62. The molecule has 0 saturated heterocycles. The first-order valence-corrected chi connectivity index (χ1v) is 9.33. The zero-order valence-corrected chi connectivity index (χ0v) is 15.9. The van der Waals surface area contributed by atoms with Crippen LogP contribution in [0.2, 0.25) is 0 Å². The van der Waals surface area contributed by atoms with E-state index in [9.17, 15) is 14.7 Å². The van der Waals surface area contributed by atoms with Gasteiger partial charge in [0.1, 0.15) is 5.75 Å². The van der Waals surface area contributed by atoms with Gasteiger partial charge < -0.3 is 19.7 Å². The second-order valence-corrected chi connectivity index (χ2v) is 6.86. The van der Waals surface area contributed by atoms with Crippen molar-refractivity contribution in [3.05, 3.63) is 64.8 Å². The fourth-order valence-corrected chi connectivity index (χ4v) is 3.62. The minimum absolute atomic E-state index is 0.0618. The van der Waals surface area contributed by atoms with Gasteiger partial charge in [-0.25, -0.2) is 4.79 Å². The monoisotopic (exact) mass is 392 g/mol. The fraction of sp³-hybridized carbons (Fsp3) is 0.227. The van der Waals surface area contributed by atoms with Crippen LogP contribution < -0.4 is 10.1 Å². The van der Waals surface area contributed by atoms with Crippen molar-refractivity contribution in [1.82, 2.24) is 5.16 Å². The first-order chi connectivity index (χ1) is 14.1. The van der Waals surface area contributed by atoms with E-state index >= 15 is 0 Å². The number of para-hydroxylation sites is 1. The Labute approximate surface area is 167 Å². The van der Waals surface area contributed by atoms with E-state index in [-0.39, 0.29) is 23.6 Å². The molecule has 2 aromatic carbocycles. The number of benzene rings is 2. The molecule has 0 unspecified atom stereocenters. The predicted molar refractivity (Wildman–Crippen MR) is 106 cm³/mol. The molecule has 148 valence electrons. The van der Waals surface area contributed by atoms with Gasteiger partial charge in [-0.2, -0.15) is 0 Å². The maximum atomic E-state index is 12.3. The summed E-state index contributed by atoms with van der Waals surface area (Å²) in [5.74, 6) is 0.212. The highest BCUT2D eigenvalue weighted by Gasteiger charge is 2.25. The zero-order chi connectivity index (χ0) is 20.4. The number of aromatic nitrogens is 1. The Hall–Kier alpha value is -3.61. The molecular formula is C22H20N2O5.